The van der Waals surface area contributed by atoms with Crippen LogP contribution in [0.1, 0.15) is 26.3 Å². The first-order chi connectivity index (χ1) is 8.38. The van der Waals surface area contributed by atoms with Gasteiger partial charge < -0.3 is 9.84 Å². The van der Waals surface area contributed by atoms with Crippen molar-refractivity contribution in [2.75, 3.05) is 13.2 Å². The maximum atomic E-state index is 9.73. The molecule has 1 aromatic rings. The zero-order valence-corrected chi connectivity index (χ0v) is 11.6. The van der Waals surface area contributed by atoms with Gasteiger partial charge in [0.05, 0.1) is 12.1 Å². The molecule has 4 nitrogen and oxygen atoms in total. The third-order valence-corrected chi connectivity index (χ3v) is 2.22. The zero-order chi connectivity index (χ0) is 13.6. The Bertz CT molecular complexity index is 360. The molecule has 0 bridgehead atoms. The predicted molar refractivity (Wildman–Crippen MR) is 71.5 cm³/mol. The van der Waals surface area contributed by atoms with Gasteiger partial charge >= 0.3 is 0 Å². The molecule has 0 aliphatic heterocycles. The van der Waals surface area contributed by atoms with Crippen LogP contribution in [0.15, 0.2) is 24.3 Å². The summed E-state index contributed by atoms with van der Waals surface area (Å²) in [5.74, 6) is 0.799. The van der Waals surface area contributed by atoms with Crippen LogP contribution >= 0.6 is 0 Å². The molecule has 2 N–H and O–H groups in total. The second-order valence-corrected chi connectivity index (χ2v) is 5.29. The highest BCUT2D eigenvalue weighted by molar-refractivity contribution is 5.31. The number of benzene rings is 1. The number of rotatable bonds is 6. The summed E-state index contributed by atoms with van der Waals surface area (Å²) in [6.45, 7) is 8.37. The van der Waals surface area contributed by atoms with Crippen molar-refractivity contribution >= 4 is 0 Å². The van der Waals surface area contributed by atoms with Crippen molar-refractivity contribution in [3.8, 4) is 5.75 Å². The van der Waals surface area contributed by atoms with Crippen molar-refractivity contribution in [1.82, 2.24) is 5.48 Å². The van der Waals surface area contributed by atoms with Crippen LogP contribution in [0.25, 0.3) is 0 Å². The lowest BCUT2D eigenvalue weighted by molar-refractivity contribution is -0.0857. The lowest BCUT2D eigenvalue weighted by Gasteiger charge is -2.21. The van der Waals surface area contributed by atoms with E-state index in [4.69, 9.17) is 9.57 Å². The van der Waals surface area contributed by atoms with Crippen LogP contribution in [0, 0.1) is 6.92 Å². The molecule has 1 unspecified atom stereocenters. The van der Waals surface area contributed by atoms with Crippen LogP contribution in [0.5, 0.6) is 5.75 Å². The summed E-state index contributed by atoms with van der Waals surface area (Å²) in [5.41, 5.74) is 3.54. The standard InChI is InChI=1S/C14H23NO3/c1-11-7-5-6-8-13(11)17-10-12(16)9-15-18-14(2,3)4/h5-8,12,15-16H,9-10H2,1-4H3. The Morgan fingerprint density at radius 3 is 2.56 bits per heavy atom. The normalized spacial score (nSPS) is 13.4. The third-order valence-electron chi connectivity index (χ3n) is 2.22. The van der Waals surface area contributed by atoms with Crippen molar-refractivity contribution in [1.29, 1.82) is 0 Å². The molecule has 0 saturated heterocycles. The molecule has 0 aliphatic rings. The number of hydrogen-bond acceptors (Lipinski definition) is 4. The van der Waals surface area contributed by atoms with Gasteiger partial charge in [-0.15, -0.1) is 0 Å². The quantitative estimate of drug-likeness (QED) is 0.762. The summed E-state index contributed by atoms with van der Waals surface area (Å²) in [5, 5.41) is 9.73. The largest absolute Gasteiger partial charge is 0.491 e. The summed E-state index contributed by atoms with van der Waals surface area (Å²) in [6, 6.07) is 7.73. The molecule has 1 aromatic carbocycles. The number of hydroxylamine groups is 1. The minimum Gasteiger partial charge on any atom is -0.491 e. The zero-order valence-electron chi connectivity index (χ0n) is 11.6. The van der Waals surface area contributed by atoms with E-state index in [-0.39, 0.29) is 12.2 Å². The highest BCUT2D eigenvalue weighted by Crippen LogP contribution is 2.16. The second-order valence-electron chi connectivity index (χ2n) is 5.29. The number of hydrogen-bond donors (Lipinski definition) is 2. The Morgan fingerprint density at radius 1 is 1.28 bits per heavy atom. The molecule has 0 aliphatic carbocycles. The molecule has 0 aromatic heterocycles. The first-order valence-electron chi connectivity index (χ1n) is 6.16. The minimum atomic E-state index is -0.605. The van der Waals surface area contributed by atoms with Gasteiger partial charge in [0, 0.05) is 0 Å². The second kappa shape index (κ2) is 6.73. The van der Waals surface area contributed by atoms with Crippen LogP contribution in [0.2, 0.25) is 0 Å². The molecule has 0 fully saturated rings. The number of ether oxygens (including phenoxy) is 1. The third kappa shape index (κ3) is 6.00. The fourth-order valence-electron chi connectivity index (χ4n) is 1.32. The lowest BCUT2D eigenvalue weighted by atomic mass is 10.2. The average Bonchev–Trinajstić information content (AvgIpc) is 2.26. The van der Waals surface area contributed by atoms with E-state index < -0.39 is 6.10 Å². The molecular formula is C14H23NO3. The van der Waals surface area contributed by atoms with Crippen LogP contribution in [-0.4, -0.2) is 30.0 Å². The number of para-hydroxylation sites is 1. The van der Waals surface area contributed by atoms with Gasteiger partial charge in [0.1, 0.15) is 18.5 Å². The molecule has 1 rings (SSSR count). The lowest BCUT2D eigenvalue weighted by Crippen LogP contribution is -2.36. The van der Waals surface area contributed by atoms with Gasteiger partial charge in [-0.05, 0) is 39.3 Å². The maximum Gasteiger partial charge on any atom is 0.122 e. The molecule has 18 heavy (non-hydrogen) atoms. The van der Waals surface area contributed by atoms with Crippen molar-refractivity contribution in [3.05, 3.63) is 29.8 Å². The van der Waals surface area contributed by atoms with Crippen molar-refractivity contribution < 1.29 is 14.7 Å². The molecule has 0 radical (unpaired) electrons. The molecule has 0 amide bonds. The molecule has 0 heterocycles. The van der Waals surface area contributed by atoms with Crippen LogP contribution in [0.4, 0.5) is 0 Å². The first kappa shape index (κ1) is 15.0. The summed E-state index contributed by atoms with van der Waals surface area (Å²) in [6.07, 6.45) is -0.605. The van der Waals surface area contributed by atoms with Crippen LogP contribution in [0.3, 0.4) is 0 Å². The molecular weight excluding hydrogens is 230 g/mol. The summed E-state index contributed by atoms with van der Waals surface area (Å²) < 4.78 is 5.54. The van der Waals surface area contributed by atoms with Crippen LogP contribution in [-0.2, 0) is 4.84 Å². The molecule has 4 heteroatoms. The van der Waals surface area contributed by atoms with Gasteiger partial charge in [-0.25, -0.2) is 0 Å². The Labute approximate surface area is 109 Å². The smallest absolute Gasteiger partial charge is 0.122 e. The van der Waals surface area contributed by atoms with Crippen LogP contribution < -0.4 is 10.2 Å². The average molecular weight is 253 g/mol. The summed E-state index contributed by atoms with van der Waals surface area (Å²) >= 11 is 0. The minimum absolute atomic E-state index is 0.241. The number of nitrogens with one attached hydrogen (secondary N) is 1. The highest BCUT2D eigenvalue weighted by atomic mass is 16.7. The van der Waals surface area contributed by atoms with Gasteiger partial charge in [0.2, 0.25) is 0 Å². The van der Waals surface area contributed by atoms with Gasteiger partial charge in [-0.3, -0.25) is 4.84 Å². The summed E-state index contributed by atoms with van der Waals surface area (Å²) in [4.78, 5) is 5.31. The molecule has 0 spiro atoms. The topological polar surface area (TPSA) is 50.7 Å². The van der Waals surface area contributed by atoms with E-state index in [1.165, 1.54) is 0 Å². The fourth-order valence-corrected chi connectivity index (χ4v) is 1.32. The van der Waals surface area contributed by atoms with Crippen molar-refractivity contribution in [2.24, 2.45) is 0 Å². The molecule has 1 atom stereocenters. The van der Waals surface area contributed by atoms with E-state index in [1.54, 1.807) is 0 Å². The SMILES string of the molecule is Cc1ccccc1OCC(O)CNOC(C)(C)C. The van der Waals surface area contributed by atoms with Gasteiger partial charge in [-0.1, -0.05) is 18.2 Å². The summed E-state index contributed by atoms with van der Waals surface area (Å²) in [7, 11) is 0. The predicted octanol–water partition coefficient (Wildman–Crippen LogP) is 2.05. The number of aryl methyl sites for hydroxylation is 1. The van der Waals surface area contributed by atoms with Crippen molar-refractivity contribution in [3.63, 3.8) is 0 Å². The van der Waals surface area contributed by atoms with Crippen molar-refractivity contribution in [2.45, 2.75) is 39.4 Å². The monoisotopic (exact) mass is 253 g/mol. The maximum absolute atomic E-state index is 9.73. The van der Waals surface area contributed by atoms with E-state index >= 15 is 0 Å². The number of aliphatic hydroxyl groups is 1. The van der Waals surface area contributed by atoms with E-state index in [0.29, 0.717) is 6.54 Å². The highest BCUT2D eigenvalue weighted by Gasteiger charge is 2.12. The van der Waals surface area contributed by atoms with Gasteiger partial charge in [-0.2, -0.15) is 5.48 Å². The van der Waals surface area contributed by atoms with E-state index in [1.807, 2.05) is 52.0 Å². The molecule has 102 valence electrons. The van der Waals surface area contributed by atoms with Gasteiger partial charge in [0.15, 0.2) is 0 Å². The van der Waals surface area contributed by atoms with E-state index in [9.17, 15) is 5.11 Å². The molecule has 0 saturated carbocycles. The Kier molecular flexibility index (Phi) is 5.59. The van der Waals surface area contributed by atoms with E-state index in [0.717, 1.165) is 11.3 Å². The fraction of sp³-hybridized carbons (Fsp3) is 0.571. The Morgan fingerprint density at radius 2 is 1.94 bits per heavy atom. The first-order valence-corrected chi connectivity index (χ1v) is 6.16. The van der Waals surface area contributed by atoms with E-state index in [2.05, 4.69) is 5.48 Å². The Balaban J connectivity index is 2.25. The number of aliphatic hydroxyl groups excluding tert-OH is 1. The Hall–Kier alpha value is -1.10. The van der Waals surface area contributed by atoms with Gasteiger partial charge in [0.25, 0.3) is 0 Å².